The second-order valence-electron chi connectivity index (χ2n) is 3.65. The van der Waals surface area contributed by atoms with E-state index in [1.807, 2.05) is 0 Å². The molecule has 3 nitrogen and oxygen atoms in total. The van der Waals surface area contributed by atoms with E-state index in [0.717, 1.165) is 12.1 Å². The maximum Gasteiger partial charge on any atom is 0.331 e. The number of anilines is 1. The molecular weight excluding hydrogens is 228 g/mol. The molecule has 0 atom stereocenters. The molecule has 0 saturated carbocycles. The van der Waals surface area contributed by atoms with E-state index in [2.05, 4.69) is 5.32 Å². The summed E-state index contributed by atoms with van der Waals surface area (Å²) in [7, 11) is 0. The lowest BCUT2D eigenvalue weighted by Crippen LogP contribution is -2.05. The lowest BCUT2D eigenvalue weighted by atomic mass is 10.2. The van der Waals surface area contributed by atoms with Gasteiger partial charge < -0.3 is 10.4 Å². The molecule has 0 spiro atoms. The molecule has 0 aliphatic heterocycles. The van der Waals surface area contributed by atoms with E-state index in [1.165, 1.54) is 19.9 Å². The highest BCUT2D eigenvalue weighted by Crippen LogP contribution is 2.18. The molecule has 0 bridgehead atoms. The maximum absolute atomic E-state index is 13.3. The zero-order valence-electron chi connectivity index (χ0n) is 9.55. The van der Waals surface area contributed by atoms with Crippen molar-refractivity contribution in [3.05, 3.63) is 41.0 Å². The molecule has 0 aliphatic carbocycles. The number of nitrogens with one attached hydrogen (secondary N) is 1. The zero-order chi connectivity index (χ0) is 13.0. The van der Waals surface area contributed by atoms with Crippen LogP contribution in [0.15, 0.2) is 23.8 Å². The van der Waals surface area contributed by atoms with Gasteiger partial charge in [-0.3, -0.25) is 0 Å². The van der Waals surface area contributed by atoms with Crippen LogP contribution in [-0.2, 0) is 4.79 Å². The normalized spacial score (nSPS) is 11.4. The second-order valence-corrected chi connectivity index (χ2v) is 3.65. The summed E-state index contributed by atoms with van der Waals surface area (Å²) in [4.78, 5) is 10.5. The second kappa shape index (κ2) is 5.43. The topological polar surface area (TPSA) is 49.3 Å². The minimum Gasteiger partial charge on any atom is -0.478 e. The molecule has 0 amide bonds. The SMILES string of the molecule is C/C(=C/CNc1cc(F)c(C)cc1F)C(=O)O. The molecule has 0 aliphatic rings. The van der Waals surface area contributed by atoms with Gasteiger partial charge in [-0.2, -0.15) is 0 Å². The quantitative estimate of drug-likeness (QED) is 0.797. The molecule has 1 rings (SSSR count). The van der Waals surface area contributed by atoms with E-state index in [9.17, 15) is 13.6 Å². The van der Waals surface area contributed by atoms with Gasteiger partial charge in [-0.1, -0.05) is 6.08 Å². The molecule has 92 valence electrons. The van der Waals surface area contributed by atoms with Crippen LogP contribution in [0.2, 0.25) is 0 Å². The summed E-state index contributed by atoms with van der Waals surface area (Å²) in [5.41, 5.74) is 0.387. The fraction of sp³-hybridized carbons (Fsp3) is 0.250. The van der Waals surface area contributed by atoms with Crippen molar-refractivity contribution in [3.63, 3.8) is 0 Å². The summed E-state index contributed by atoms with van der Waals surface area (Å²) in [6, 6.07) is 2.14. The molecule has 0 heterocycles. The number of aryl methyl sites for hydroxylation is 1. The van der Waals surface area contributed by atoms with Crippen LogP contribution < -0.4 is 5.32 Å². The van der Waals surface area contributed by atoms with Crippen molar-refractivity contribution in [2.24, 2.45) is 0 Å². The van der Waals surface area contributed by atoms with Gasteiger partial charge in [-0.05, 0) is 25.5 Å². The number of carbonyl (C=O) groups is 1. The Kier molecular flexibility index (Phi) is 4.20. The number of aliphatic carboxylic acids is 1. The number of hydrogen-bond acceptors (Lipinski definition) is 2. The van der Waals surface area contributed by atoms with Crippen molar-refractivity contribution in [2.75, 3.05) is 11.9 Å². The third-order valence-corrected chi connectivity index (χ3v) is 2.29. The summed E-state index contributed by atoms with van der Waals surface area (Å²) < 4.78 is 26.5. The van der Waals surface area contributed by atoms with Crippen LogP contribution in [0.25, 0.3) is 0 Å². The Morgan fingerprint density at radius 3 is 2.65 bits per heavy atom. The van der Waals surface area contributed by atoms with Crippen molar-refractivity contribution in [1.82, 2.24) is 0 Å². The maximum atomic E-state index is 13.3. The molecule has 0 saturated heterocycles. The van der Waals surface area contributed by atoms with Crippen molar-refractivity contribution < 1.29 is 18.7 Å². The first kappa shape index (κ1) is 13.2. The van der Waals surface area contributed by atoms with Crippen LogP contribution >= 0.6 is 0 Å². The van der Waals surface area contributed by atoms with Crippen molar-refractivity contribution in [3.8, 4) is 0 Å². The van der Waals surface area contributed by atoms with Gasteiger partial charge in [0.05, 0.1) is 5.69 Å². The van der Waals surface area contributed by atoms with Gasteiger partial charge in [-0.15, -0.1) is 0 Å². The molecule has 0 aromatic heterocycles. The largest absolute Gasteiger partial charge is 0.478 e. The van der Waals surface area contributed by atoms with Crippen LogP contribution in [-0.4, -0.2) is 17.6 Å². The third kappa shape index (κ3) is 3.55. The van der Waals surface area contributed by atoms with E-state index in [1.54, 1.807) is 0 Å². The fourth-order valence-electron chi connectivity index (χ4n) is 1.18. The standard InChI is InChI=1S/C12H13F2NO2/c1-7(12(16)17)3-4-15-11-6-9(13)8(2)5-10(11)14/h3,5-6,15H,4H2,1-2H3,(H,16,17)/b7-3-. The first-order valence-corrected chi connectivity index (χ1v) is 5.01. The molecule has 0 fully saturated rings. The molecule has 0 unspecified atom stereocenters. The summed E-state index contributed by atoms with van der Waals surface area (Å²) in [6.45, 7) is 3.02. The highest BCUT2D eigenvalue weighted by molar-refractivity contribution is 5.85. The molecule has 0 radical (unpaired) electrons. The number of benzene rings is 1. The van der Waals surface area contributed by atoms with E-state index in [-0.39, 0.29) is 23.4 Å². The monoisotopic (exact) mass is 241 g/mol. The summed E-state index contributed by atoms with van der Waals surface area (Å²) in [5, 5.41) is 11.2. The predicted molar refractivity (Wildman–Crippen MR) is 61.0 cm³/mol. The van der Waals surface area contributed by atoms with Crippen molar-refractivity contribution in [2.45, 2.75) is 13.8 Å². The minimum absolute atomic E-state index is 0.0162. The van der Waals surface area contributed by atoms with Crippen LogP contribution in [0.5, 0.6) is 0 Å². The number of carboxylic acids is 1. The molecular formula is C12H13F2NO2. The van der Waals surface area contributed by atoms with E-state index in [4.69, 9.17) is 5.11 Å². The van der Waals surface area contributed by atoms with Crippen LogP contribution in [0, 0.1) is 18.6 Å². The average Bonchev–Trinajstić information content (AvgIpc) is 2.25. The third-order valence-electron chi connectivity index (χ3n) is 2.29. The van der Waals surface area contributed by atoms with E-state index >= 15 is 0 Å². The average molecular weight is 241 g/mol. The molecule has 5 heteroatoms. The number of hydrogen-bond donors (Lipinski definition) is 2. The lowest BCUT2D eigenvalue weighted by molar-refractivity contribution is -0.132. The van der Waals surface area contributed by atoms with Gasteiger partial charge in [0.15, 0.2) is 0 Å². The summed E-state index contributed by atoms with van der Waals surface area (Å²) in [6.07, 6.45) is 1.39. The zero-order valence-corrected chi connectivity index (χ0v) is 9.55. The highest BCUT2D eigenvalue weighted by Gasteiger charge is 2.06. The van der Waals surface area contributed by atoms with Crippen LogP contribution in [0.1, 0.15) is 12.5 Å². The fourth-order valence-corrected chi connectivity index (χ4v) is 1.18. The van der Waals surface area contributed by atoms with E-state index < -0.39 is 17.6 Å². The van der Waals surface area contributed by atoms with Gasteiger partial charge in [0, 0.05) is 18.2 Å². The summed E-state index contributed by atoms with van der Waals surface area (Å²) >= 11 is 0. The highest BCUT2D eigenvalue weighted by atomic mass is 19.1. The first-order chi connectivity index (χ1) is 7.91. The number of carboxylic acid groups (broad SMARTS) is 1. The van der Waals surface area contributed by atoms with Crippen LogP contribution in [0.3, 0.4) is 0 Å². The number of rotatable bonds is 4. The van der Waals surface area contributed by atoms with Gasteiger partial charge >= 0.3 is 5.97 Å². The Morgan fingerprint density at radius 1 is 1.41 bits per heavy atom. The van der Waals surface area contributed by atoms with Gasteiger partial charge in [-0.25, -0.2) is 13.6 Å². The molecule has 1 aromatic carbocycles. The van der Waals surface area contributed by atoms with Crippen LogP contribution in [0.4, 0.5) is 14.5 Å². The Labute approximate surface area is 97.8 Å². The first-order valence-electron chi connectivity index (χ1n) is 5.01. The molecule has 17 heavy (non-hydrogen) atoms. The van der Waals surface area contributed by atoms with Gasteiger partial charge in [0.1, 0.15) is 11.6 Å². The Balaban J connectivity index is 2.74. The smallest absolute Gasteiger partial charge is 0.331 e. The Bertz CT molecular complexity index is 470. The van der Waals surface area contributed by atoms with Crippen molar-refractivity contribution >= 4 is 11.7 Å². The predicted octanol–water partition coefficient (Wildman–Crippen LogP) is 2.72. The van der Waals surface area contributed by atoms with E-state index in [0.29, 0.717) is 0 Å². The lowest BCUT2D eigenvalue weighted by Gasteiger charge is -2.07. The summed E-state index contributed by atoms with van der Waals surface area (Å²) in [5.74, 6) is -2.11. The van der Waals surface area contributed by atoms with Crippen molar-refractivity contribution in [1.29, 1.82) is 0 Å². The van der Waals surface area contributed by atoms with Gasteiger partial charge in [0.25, 0.3) is 0 Å². The minimum atomic E-state index is -1.04. The molecule has 1 aromatic rings. The number of halogens is 2. The van der Waals surface area contributed by atoms with Gasteiger partial charge in [0.2, 0.25) is 0 Å². The Morgan fingerprint density at radius 2 is 2.06 bits per heavy atom. The Hall–Kier alpha value is -1.91. The molecule has 2 N–H and O–H groups in total.